The predicted octanol–water partition coefficient (Wildman–Crippen LogP) is 3.58. The maximum Gasteiger partial charge on any atom is 0.0723 e. The van der Waals surface area contributed by atoms with Gasteiger partial charge in [0.25, 0.3) is 0 Å². The summed E-state index contributed by atoms with van der Waals surface area (Å²) in [5, 5.41) is 15.2. The summed E-state index contributed by atoms with van der Waals surface area (Å²) >= 11 is 0. The Hall–Kier alpha value is -0.830. The van der Waals surface area contributed by atoms with E-state index in [1.807, 2.05) is 23.9 Å². The lowest BCUT2D eigenvalue weighted by atomic mass is 9.84. The zero-order valence-corrected chi connectivity index (χ0v) is 12.5. The van der Waals surface area contributed by atoms with Crippen molar-refractivity contribution in [3.63, 3.8) is 0 Å². The van der Waals surface area contributed by atoms with E-state index in [2.05, 4.69) is 32.8 Å². The van der Waals surface area contributed by atoms with Gasteiger partial charge in [0.1, 0.15) is 0 Å². The van der Waals surface area contributed by atoms with Crippen LogP contribution in [0.5, 0.6) is 0 Å². The third-order valence-electron chi connectivity index (χ3n) is 4.15. The molecular weight excluding hydrogens is 224 g/mol. The van der Waals surface area contributed by atoms with Crippen LogP contribution in [0.4, 0.5) is 0 Å². The molecule has 0 fully saturated rings. The van der Waals surface area contributed by atoms with E-state index in [4.69, 9.17) is 0 Å². The highest BCUT2D eigenvalue weighted by Crippen LogP contribution is 2.25. The average Bonchev–Trinajstić information content (AvgIpc) is 2.78. The second-order valence-electron chi connectivity index (χ2n) is 5.55. The molecule has 0 saturated heterocycles. The van der Waals surface area contributed by atoms with E-state index in [0.29, 0.717) is 12.5 Å². The molecule has 18 heavy (non-hydrogen) atoms. The lowest BCUT2D eigenvalue weighted by Crippen LogP contribution is -2.36. The van der Waals surface area contributed by atoms with E-state index in [-0.39, 0.29) is 5.92 Å². The predicted molar refractivity (Wildman–Crippen MR) is 75.6 cm³/mol. The molecule has 3 heteroatoms. The van der Waals surface area contributed by atoms with Crippen LogP contribution in [0.25, 0.3) is 0 Å². The van der Waals surface area contributed by atoms with Gasteiger partial charge >= 0.3 is 0 Å². The van der Waals surface area contributed by atoms with E-state index in [9.17, 15) is 5.11 Å². The minimum Gasteiger partial charge on any atom is -0.389 e. The number of aliphatic hydroxyl groups is 1. The molecule has 1 heterocycles. The molecule has 1 unspecified atom stereocenters. The van der Waals surface area contributed by atoms with E-state index < -0.39 is 5.60 Å². The molecule has 0 saturated carbocycles. The van der Waals surface area contributed by atoms with Crippen LogP contribution in [0.3, 0.4) is 0 Å². The molecule has 0 radical (unpaired) electrons. The van der Waals surface area contributed by atoms with Gasteiger partial charge < -0.3 is 5.11 Å². The fraction of sp³-hybridized carbons (Fsp3) is 0.800. The van der Waals surface area contributed by atoms with Crippen LogP contribution >= 0.6 is 0 Å². The SMILES string of the molecule is CCC(CC)n1ccc(CC(O)(CC)C(C)C)n1. The van der Waals surface area contributed by atoms with Gasteiger partial charge in [0.2, 0.25) is 0 Å². The van der Waals surface area contributed by atoms with E-state index in [1.54, 1.807) is 0 Å². The summed E-state index contributed by atoms with van der Waals surface area (Å²) in [5.41, 5.74) is 0.368. The topological polar surface area (TPSA) is 38.0 Å². The summed E-state index contributed by atoms with van der Waals surface area (Å²) in [6, 6.07) is 2.52. The molecule has 1 atom stereocenters. The molecule has 104 valence electrons. The Kier molecular flexibility index (Phi) is 5.39. The largest absolute Gasteiger partial charge is 0.389 e. The van der Waals surface area contributed by atoms with Crippen LogP contribution in [0.1, 0.15) is 65.6 Å². The van der Waals surface area contributed by atoms with E-state index >= 15 is 0 Å². The van der Waals surface area contributed by atoms with Crippen LogP contribution in [0.2, 0.25) is 0 Å². The van der Waals surface area contributed by atoms with Crippen molar-refractivity contribution in [2.45, 2.75) is 71.9 Å². The van der Waals surface area contributed by atoms with Gasteiger partial charge in [-0.3, -0.25) is 4.68 Å². The van der Waals surface area contributed by atoms with Crippen molar-refractivity contribution in [1.29, 1.82) is 0 Å². The van der Waals surface area contributed by atoms with Crippen molar-refractivity contribution in [2.75, 3.05) is 0 Å². The summed E-state index contributed by atoms with van der Waals surface area (Å²) in [5.74, 6) is 0.251. The Labute approximate surface area is 111 Å². The summed E-state index contributed by atoms with van der Waals surface area (Å²) in [6.45, 7) is 10.6. The van der Waals surface area contributed by atoms with Crippen molar-refractivity contribution >= 4 is 0 Å². The maximum absolute atomic E-state index is 10.6. The minimum absolute atomic E-state index is 0.251. The van der Waals surface area contributed by atoms with Gasteiger partial charge in [-0.05, 0) is 31.2 Å². The van der Waals surface area contributed by atoms with Crippen molar-refractivity contribution in [3.8, 4) is 0 Å². The number of aromatic nitrogens is 2. The Balaban J connectivity index is 2.80. The number of nitrogens with zero attached hydrogens (tertiary/aromatic N) is 2. The Morgan fingerprint density at radius 3 is 2.33 bits per heavy atom. The molecule has 0 aromatic carbocycles. The second kappa shape index (κ2) is 6.37. The number of hydrogen-bond acceptors (Lipinski definition) is 2. The highest BCUT2D eigenvalue weighted by atomic mass is 16.3. The molecule has 0 bridgehead atoms. The third kappa shape index (κ3) is 3.35. The van der Waals surface area contributed by atoms with E-state index in [1.165, 1.54) is 0 Å². The molecule has 0 spiro atoms. The quantitative estimate of drug-likeness (QED) is 0.805. The molecular formula is C15H28N2O. The van der Waals surface area contributed by atoms with Crippen LogP contribution in [-0.2, 0) is 6.42 Å². The molecule has 0 aliphatic carbocycles. The first-order chi connectivity index (χ1) is 8.46. The lowest BCUT2D eigenvalue weighted by molar-refractivity contribution is -0.00925. The number of hydrogen-bond donors (Lipinski definition) is 1. The molecule has 0 aliphatic heterocycles. The summed E-state index contributed by atoms with van der Waals surface area (Å²) < 4.78 is 2.05. The first kappa shape index (κ1) is 15.2. The number of rotatable bonds is 7. The van der Waals surface area contributed by atoms with Crippen molar-refractivity contribution < 1.29 is 5.11 Å². The van der Waals surface area contributed by atoms with Crippen molar-refractivity contribution in [1.82, 2.24) is 9.78 Å². The Morgan fingerprint density at radius 2 is 1.89 bits per heavy atom. The monoisotopic (exact) mass is 252 g/mol. The van der Waals surface area contributed by atoms with Gasteiger partial charge in [-0.25, -0.2) is 0 Å². The summed E-state index contributed by atoms with van der Waals surface area (Å²) in [7, 11) is 0. The maximum atomic E-state index is 10.6. The Morgan fingerprint density at radius 1 is 1.28 bits per heavy atom. The molecule has 1 aromatic rings. The fourth-order valence-electron chi connectivity index (χ4n) is 2.39. The molecule has 0 amide bonds. The third-order valence-corrected chi connectivity index (χ3v) is 4.15. The standard InChI is InChI=1S/C15H28N2O/c1-6-14(7-2)17-10-9-13(16-17)11-15(18,8-3)12(4)5/h9-10,12,14,18H,6-8,11H2,1-5H3. The van der Waals surface area contributed by atoms with Gasteiger partial charge in [-0.15, -0.1) is 0 Å². The minimum atomic E-state index is -0.632. The fourth-order valence-corrected chi connectivity index (χ4v) is 2.39. The van der Waals surface area contributed by atoms with Crippen molar-refractivity contribution in [3.05, 3.63) is 18.0 Å². The molecule has 1 N–H and O–H groups in total. The van der Waals surface area contributed by atoms with Crippen LogP contribution in [0.15, 0.2) is 12.3 Å². The lowest BCUT2D eigenvalue weighted by Gasteiger charge is -2.30. The smallest absolute Gasteiger partial charge is 0.0723 e. The summed E-state index contributed by atoms with van der Waals surface area (Å²) in [4.78, 5) is 0. The van der Waals surface area contributed by atoms with Gasteiger partial charge in [0.05, 0.1) is 17.3 Å². The van der Waals surface area contributed by atoms with Crippen LogP contribution < -0.4 is 0 Å². The van der Waals surface area contributed by atoms with Crippen molar-refractivity contribution in [2.24, 2.45) is 5.92 Å². The van der Waals surface area contributed by atoms with Gasteiger partial charge in [0.15, 0.2) is 0 Å². The highest BCUT2D eigenvalue weighted by Gasteiger charge is 2.30. The molecule has 0 aliphatic rings. The second-order valence-corrected chi connectivity index (χ2v) is 5.55. The summed E-state index contributed by atoms with van der Waals surface area (Å²) in [6.07, 6.45) is 5.65. The molecule has 1 rings (SSSR count). The van der Waals surface area contributed by atoms with Crippen LogP contribution in [0, 0.1) is 5.92 Å². The van der Waals surface area contributed by atoms with Crippen LogP contribution in [-0.4, -0.2) is 20.5 Å². The van der Waals surface area contributed by atoms with Gasteiger partial charge in [-0.2, -0.15) is 5.10 Å². The van der Waals surface area contributed by atoms with Gasteiger partial charge in [0, 0.05) is 12.6 Å². The Bertz CT molecular complexity index is 355. The zero-order valence-electron chi connectivity index (χ0n) is 12.5. The molecule has 1 aromatic heterocycles. The first-order valence-electron chi connectivity index (χ1n) is 7.23. The zero-order chi connectivity index (χ0) is 13.8. The van der Waals surface area contributed by atoms with E-state index in [0.717, 1.165) is 25.0 Å². The molecule has 3 nitrogen and oxygen atoms in total. The first-order valence-corrected chi connectivity index (χ1v) is 7.23. The highest BCUT2D eigenvalue weighted by molar-refractivity contribution is 5.05. The van der Waals surface area contributed by atoms with Gasteiger partial charge in [-0.1, -0.05) is 34.6 Å². The normalized spacial score (nSPS) is 15.3. The average molecular weight is 252 g/mol.